The van der Waals surface area contributed by atoms with Gasteiger partial charge < -0.3 is 9.88 Å². The van der Waals surface area contributed by atoms with Gasteiger partial charge in [0.25, 0.3) is 0 Å². The van der Waals surface area contributed by atoms with Gasteiger partial charge in [0.1, 0.15) is 0 Å². The van der Waals surface area contributed by atoms with E-state index in [-0.39, 0.29) is 6.04 Å². The number of rotatable bonds is 6. The lowest BCUT2D eigenvalue weighted by atomic mass is 10.2. The molecule has 0 bridgehead atoms. The van der Waals surface area contributed by atoms with Crippen LogP contribution in [0.4, 0.5) is 0 Å². The van der Waals surface area contributed by atoms with E-state index in [1.807, 2.05) is 23.4 Å². The zero-order valence-electron chi connectivity index (χ0n) is 12.3. The molecule has 118 valence electrons. The molecule has 1 aromatic rings. The molecule has 0 amide bonds. The normalized spacial score (nSPS) is 20.8. The molecule has 1 saturated heterocycles. The quantitative estimate of drug-likeness (QED) is 0.829. The minimum Gasteiger partial charge on any atom is -0.352 e. The lowest BCUT2D eigenvalue weighted by Gasteiger charge is -2.21. The van der Waals surface area contributed by atoms with Gasteiger partial charge in [-0.05, 0) is 43.3 Å². The Morgan fingerprint density at radius 2 is 1.95 bits per heavy atom. The van der Waals surface area contributed by atoms with E-state index in [2.05, 4.69) is 10.0 Å². The van der Waals surface area contributed by atoms with Crippen LogP contribution in [0.1, 0.15) is 31.4 Å². The second kappa shape index (κ2) is 6.32. The lowest BCUT2D eigenvalue weighted by Crippen LogP contribution is -2.37. The third-order valence-electron chi connectivity index (χ3n) is 4.09. The van der Waals surface area contributed by atoms with E-state index >= 15 is 0 Å². The summed E-state index contributed by atoms with van der Waals surface area (Å²) < 4.78 is 29.7. The monoisotopic (exact) mass is 329 g/mol. The molecule has 1 aromatic heterocycles. The van der Waals surface area contributed by atoms with Crippen molar-refractivity contribution in [2.45, 2.75) is 49.2 Å². The van der Waals surface area contributed by atoms with Crippen molar-refractivity contribution >= 4 is 21.8 Å². The first kappa shape index (κ1) is 15.4. The maximum Gasteiger partial charge on any atom is 0.242 e. The average Bonchev–Trinajstić information content (AvgIpc) is 3.20. The molecule has 21 heavy (non-hydrogen) atoms. The average molecular weight is 329 g/mol. The molecule has 3 rings (SSSR count). The summed E-state index contributed by atoms with van der Waals surface area (Å²) in [6.45, 7) is 0.733. The van der Waals surface area contributed by atoms with Crippen LogP contribution in [0.5, 0.6) is 0 Å². The van der Waals surface area contributed by atoms with Crippen LogP contribution in [-0.4, -0.2) is 36.6 Å². The van der Waals surface area contributed by atoms with E-state index in [1.165, 1.54) is 12.8 Å². The van der Waals surface area contributed by atoms with Crippen LogP contribution in [0.15, 0.2) is 17.2 Å². The summed E-state index contributed by atoms with van der Waals surface area (Å²) in [5.41, 5.74) is 1.02. The zero-order chi connectivity index (χ0) is 14.9. The molecule has 0 spiro atoms. The fourth-order valence-electron chi connectivity index (χ4n) is 2.54. The van der Waals surface area contributed by atoms with E-state index in [1.54, 1.807) is 12.3 Å². The Morgan fingerprint density at radius 1 is 1.24 bits per heavy atom. The summed E-state index contributed by atoms with van der Waals surface area (Å²) in [6, 6.07) is 2.50. The molecule has 1 saturated carbocycles. The minimum atomic E-state index is -3.39. The molecule has 2 heterocycles. The molecule has 2 N–H and O–H groups in total. The van der Waals surface area contributed by atoms with E-state index < -0.39 is 10.0 Å². The van der Waals surface area contributed by atoms with E-state index in [4.69, 9.17) is 0 Å². The van der Waals surface area contributed by atoms with Gasteiger partial charge >= 0.3 is 0 Å². The second-order valence-corrected chi connectivity index (χ2v) is 8.88. The molecule has 7 heteroatoms. The van der Waals surface area contributed by atoms with Gasteiger partial charge in [0.15, 0.2) is 0 Å². The topological polar surface area (TPSA) is 63.1 Å². The Hall–Kier alpha value is -0.500. The van der Waals surface area contributed by atoms with Gasteiger partial charge in [0.05, 0.1) is 4.90 Å². The van der Waals surface area contributed by atoms with Crippen LogP contribution in [0.25, 0.3) is 0 Å². The number of nitrogens with one attached hydrogen (secondary N) is 2. The summed E-state index contributed by atoms with van der Waals surface area (Å²) in [6.07, 6.45) is 6.02. The van der Waals surface area contributed by atoms with Crippen LogP contribution in [-0.2, 0) is 23.6 Å². The number of aryl methyl sites for hydroxylation is 1. The number of hydrogen-bond donors (Lipinski definition) is 2. The number of hydrogen-bond acceptors (Lipinski definition) is 4. The van der Waals surface area contributed by atoms with Crippen LogP contribution < -0.4 is 10.0 Å². The summed E-state index contributed by atoms with van der Waals surface area (Å²) in [7, 11) is -1.49. The van der Waals surface area contributed by atoms with Crippen LogP contribution in [0, 0.1) is 0 Å². The predicted octanol–water partition coefficient (Wildman–Crippen LogP) is 1.45. The van der Waals surface area contributed by atoms with Crippen molar-refractivity contribution in [1.29, 1.82) is 0 Å². The Bertz CT molecular complexity index is 587. The standard InChI is InChI=1S/C14H23N3O2S2/c1-17-10-14(8-13(17)9-15-11-2-3-11)21(18,19)16-12-4-6-20-7-5-12/h8,10-12,15-16H,2-7,9H2,1H3. The van der Waals surface area contributed by atoms with Crippen molar-refractivity contribution in [1.82, 2.24) is 14.6 Å². The van der Waals surface area contributed by atoms with E-state index in [0.29, 0.717) is 10.9 Å². The largest absolute Gasteiger partial charge is 0.352 e. The first-order valence-electron chi connectivity index (χ1n) is 7.53. The first-order chi connectivity index (χ1) is 10.0. The fraction of sp³-hybridized carbons (Fsp3) is 0.714. The highest BCUT2D eigenvalue weighted by Gasteiger charge is 2.24. The van der Waals surface area contributed by atoms with Gasteiger partial charge in [-0.1, -0.05) is 0 Å². The Balaban J connectivity index is 1.67. The minimum absolute atomic E-state index is 0.0875. The third kappa shape index (κ3) is 4.03. The van der Waals surface area contributed by atoms with Crippen LogP contribution >= 0.6 is 11.8 Å². The van der Waals surface area contributed by atoms with Gasteiger partial charge in [0.2, 0.25) is 10.0 Å². The SMILES string of the molecule is Cn1cc(S(=O)(=O)NC2CCSCC2)cc1CNC1CC1. The number of thioether (sulfide) groups is 1. The maximum absolute atomic E-state index is 12.5. The summed E-state index contributed by atoms with van der Waals surface area (Å²) in [4.78, 5) is 0.385. The van der Waals surface area contributed by atoms with Gasteiger partial charge in [-0.25, -0.2) is 13.1 Å². The zero-order valence-corrected chi connectivity index (χ0v) is 14.0. The summed E-state index contributed by atoms with van der Waals surface area (Å²) >= 11 is 1.90. The molecular formula is C14H23N3O2S2. The Kier molecular flexibility index (Phi) is 4.63. The highest BCUT2D eigenvalue weighted by Crippen LogP contribution is 2.22. The van der Waals surface area contributed by atoms with Crippen LogP contribution in [0.2, 0.25) is 0 Å². The van der Waals surface area contributed by atoms with Gasteiger partial charge in [-0.3, -0.25) is 0 Å². The molecule has 0 atom stereocenters. The predicted molar refractivity (Wildman–Crippen MR) is 85.9 cm³/mol. The molecule has 5 nitrogen and oxygen atoms in total. The second-order valence-electron chi connectivity index (χ2n) is 5.94. The Morgan fingerprint density at radius 3 is 2.62 bits per heavy atom. The van der Waals surface area contributed by atoms with Gasteiger partial charge in [-0.2, -0.15) is 11.8 Å². The van der Waals surface area contributed by atoms with Crippen molar-refractivity contribution in [3.8, 4) is 0 Å². The number of aromatic nitrogens is 1. The third-order valence-corrected chi connectivity index (χ3v) is 6.62. The molecule has 0 radical (unpaired) electrons. The maximum atomic E-state index is 12.5. The van der Waals surface area contributed by atoms with E-state index in [9.17, 15) is 8.42 Å². The van der Waals surface area contributed by atoms with Gasteiger partial charge in [0, 0.05) is 37.6 Å². The molecule has 2 fully saturated rings. The molecular weight excluding hydrogens is 306 g/mol. The van der Waals surface area contributed by atoms with Crippen molar-refractivity contribution < 1.29 is 8.42 Å². The molecule has 1 aliphatic heterocycles. The Labute approximate surface area is 130 Å². The highest BCUT2D eigenvalue weighted by atomic mass is 32.2. The molecule has 2 aliphatic rings. The summed E-state index contributed by atoms with van der Waals surface area (Å²) in [5.74, 6) is 2.08. The van der Waals surface area contributed by atoms with E-state index in [0.717, 1.165) is 36.6 Å². The van der Waals surface area contributed by atoms with Crippen LogP contribution in [0.3, 0.4) is 0 Å². The highest BCUT2D eigenvalue weighted by molar-refractivity contribution is 7.99. The lowest BCUT2D eigenvalue weighted by molar-refractivity contribution is 0.529. The van der Waals surface area contributed by atoms with Crippen molar-refractivity contribution in [3.63, 3.8) is 0 Å². The van der Waals surface area contributed by atoms with Gasteiger partial charge in [-0.15, -0.1) is 0 Å². The molecule has 1 aliphatic carbocycles. The smallest absolute Gasteiger partial charge is 0.242 e. The molecule has 0 aromatic carbocycles. The van der Waals surface area contributed by atoms with Crippen molar-refractivity contribution in [2.75, 3.05) is 11.5 Å². The van der Waals surface area contributed by atoms with Crippen molar-refractivity contribution in [3.05, 3.63) is 18.0 Å². The number of sulfonamides is 1. The van der Waals surface area contributed by atoms with Crippen molar-refractivity contribution in [2.24, 2.45) is 7.05 Å². The fourth-order valence-corrected chi connectivity index (χ4v) is 5.04. The molecule has 0 unspecified atom stereocenters. The summed E-state index contributed by atoms with van der Waals surface area (Å²) in [5, 5.41) is 3.42. The first-order valence-corrected chi connectivity index (χ1v) is 10.2. The number of nitrogens with zero attached hydrogens (tertiary/aromatic N) is 1.